The van der Waals surface area contributed by atoms with E-state index in [1.54, 1.807) is 0 Å². The quantitative estimate of drug-likeness (QED) is 0.862. The summed E-state index contributed by atoms with van der Waals surface area (Å²) in [6, 6.07) is 15.7. The van der Waals surface area contributed by atoms with Gasteiger partial charge in [-0.1, -0.05) is 67.6 Å². The first-order chi connectivity index (χ1) is 12.0. The molecule has 0 aliphatic carbocycles. The minimum atomic E-state index is -2.76. The number of benzene rings is 2. The molecular weight excluding hydrogens is 326 g/mol. The van der Waals surface area contributed by atoms with Crippen molar-refractivity contribution in [2.75, 3.05) is 0 Å². The van der Waals surface area contributed by atoms with E-state index in [0.717, 1.165) is 11.1 Å². The van der Waals surface area contributed by atoms with Gasteiger partial charge in [0.05, 0.1) is 12.0 Å². The Labute approximate surface area is 144 Å². The number of nitrogens with one attached hydrogen (secondary N) is 1. The molecule has 3 rings (SSSR count). The molecule has 1 fully saturated rings. The van der Waals surface area contributed by atoms with Crippen LogP contribution >= 0.6 is 0 Å². The number of likely N-dealkylation sites (tertiary alicyclic amines) is 1. The van der Waals surface area contributed by atoms with Crippen molar-refractivity contribution in [3.8, 4) is 0 Å². The summed E-state index contributed by atoms with van der Waals surface area (Å²) in [6.07, 6.45) is -2.76. The van der Waals surface area contributed by atoms with Crippen molar-refractivity contribution in [3.05, 3.63) is 71.8 Å². The third-order valence-electron chi connectivity index (χ3n) is 4.45. The van der Waals surface area contributed by atoms with Crippen LogP contribution in [0.25, 0.3) is 0 Å². The van der Waals surface area contributed by atoms with Gasteiger partial charge in [0.25, 0.3) is 6.43 Å². The highest BCUT2D eigenvalue weighted by Crippen LogP contribution is 2.32. The number of β-lactam (4-membered cyclic amide) rings is 1. The summed E-state index contributed by atoms with van der Waals surface area (Å²) in [7, 11) is 0. The van der Waals surface area contributed by atoms with Crippen LogP contribution in [0.2, 0.25) is 0 Å². The molecule has 6 heteroatoms. The van der Waals surface area contributed by atoms with Crippen molar-refractivity contribution in [1.82, 2.24) is 10.2 Å². The van der Waals surface area contributed by atoms with Crippen LogP contribution in [0.5, 0.6) is 0 Å². The number of hydrogen-bond acceptors (Lipinski definition) is 2. The van der Waals surface area contributed by atoms with Crippen LogP contribution in [0.3, 0.4) is 0 Å². The molecule has 0 bridgehead atoms. The minimum Gasteiger partial charge on any atom is -0.327 e. The van der Waals surface area contributed by atoms with Crippen molar-refractivity contribution in [3.63, 3.8) is 0 Å². The highest BCUT2D eigenvalue weighted by molar-refractivity contribution is 6.01. The predicted octanol–water partition coefficient (Wildman–Crippen LogP) is 3.60. The number of amides is 3. The first kappa shape index (κ1) is 17.1. The van der Waals surface area contributed by atoms with Crippen molar-refractivity contribution in [2.45, 2.75) is 25.4 Å². The van der Waals surface area contributed by atoms with Crippen molar-refractivity contribution in [2.24, 2.45) is 5.92 Å². The zero-order chi connectivity index (χ0) is 18.0. The van der Waals surface area contributed by atoms with Gasteiger partial charge in [0.15, 0.2) is 0 Å². The fourth-order valence-corrected chi connectivity index (χ4v) is 3.06. The van der Waals surface area contributed by atoms with E-state index in [0.29, 0.717) is 4.90 Å². The van der Waals surface area contributed by atoms with Gasteiger partial charge in [-0.3, -0.25) is 9.69 Å². The highest BCUT2D eigenvalue weighted by atomic mass is 19.3. The zero-order valence-electron chi connectivity index (χ0n) is 13.6. The maximum absolute atomic E-state index is 13.1. The average Bonchev–Trinajstić information content (AvgIpc) is 2.64. The third-order valence-corrected chi connectivity index (χ3v) is 4.45. The Bertz CT molecular complexity index is 713. The number of alkyl halides is 2. The van der Waals surface area contributed by atoms with E-state index in [2.05, 4.69) is 5.32 Å². The van der Waals surface area contributed by atoms with Crippen molar-refractivity contribution >= 4 is 11.9 Å². The molecule has 3 amide bonds. The Hall–Kier alpha value is -2.76. The summed E-state index contributed by atoms with van der Waals surface area (Å²) in [6.45, 7) is 1.41. The largest absolute Gasteiger partial charge is 0.327 e. The molecule has 130 valence electrons. The number of hydrogen-bond donors (Lipinski definition) is 1. The number of halogens is 2. The second-order valence-electron chi connectivity index (χ2n) is 6.03. The van der Waals surface area contributed by atoms with Crippen LogP contribution in [0.4, 0.5) is 13.6 Å². The molecule has 4 nitrogen and oxygen atoms in total. The molecule has 1 aliphatic heterocycles. The molecule has 0 unspecified atom stereocenters. The van der Waals surface area contributed by atoms with Gasteiger partial charge in [0, 0.05) is 0 Å². The fraction of sp³-hybridized carbons (Fsp3) is 0.263. The Morgan fingerprint density at radius 1 is 1.00 bits per heavy atom. The molecule has 0 spiro atoms. The molecule has 2 aromatic rings. The molecule has 0 aromatic heterocycles. The van der Waals surface area contributed by atoms with E-state index in [1.807, 2.05) is 60.7 Å². The summed E-state index contributed by atoms with van der Waals surface area (Å²) in [4.78, 5) is 25.1. The van der Waals surface area contributed by atoms with E-state index in [1.165, 1.54) is 6.92 Å². The summed E-state index contributed by atoms with van der Waals surface area (Å²) in [5, 5.41) is 2.72. The van der Waals surface area contributed by atoms with Gasteiger partial charge >= 0.3 is 6.03 Å². The SMILES string of the molecule is C[C@H]1C(=O)N(C(=O)NC(c2ccccc2)c2ccccc2)[C@@H]1C(F)F. The van der Waals surface area contributed by atoms with Gasteiger partial charge in [0.2, 0.25) is 5.91 Å². The predicted molar refractivity (Wildman–Crippen MR) is 89.1 cm³/mol. The van der Waals surface area contributed by atoms with Gasteiger partial charge in [0.1, 0.15) is 6.04 Å². The Balaban J connectivity index is 1.86. The zero-order valence-corrected chi connectivity index (χ0v) is 13.6. The molecule has 2 aromatic carbocycles. The lowest BCUT2D eigenvalue weighted by Crippen LogP contribution is -2.67. The Morgan fingerprint density at radius 2 is 1.48 bits per heavy atom. The van der Waals surface area contributed by atoms with Crippen LogP contribution in [0.1, 0.15) is 24.1 Å². The fourth-order valence-electron chi connectivity index (χ4n) is 3.06. The second-order valence-corrected chi connectivity index (χ2v) is 6.03. The summed E-state index contributed by atoms with van der Waals surface area (Å²) >= 11 is 0. The molecular formula is C19H18F2N2O2. The van der Waals surface area contributed by atoms with Gasteiger partial charge in [-0.25, -0.2) is 13.6 Å². The molecule has 1 saturated heterocycles. The van der Waals surface area contributed by atoms with E-state index in [4.69, 9.17) is 0 Å². The normalized spacial score (nSPS) is 19.9. The number of rotatable bonds is 4. The van der Waals surface area contributed by atoms with Gasteiger partial charge in [-0.15, -0.1) is 0 Å². The third kappa shape index (κ3) is 3.24. The van der Waals surface area contributed by atoms with Crippen LogP contribution < -0.4 is 5.32 Å². The molecule has 2 atom stereocenters. The van der Waals surface area contributed by atoms with E-state index in [9.17, 15) is 18.4 Å². The van der Waals surface area contributed by atoms with E-state index in [-0.39, 0.29) is 0 Å². The maximum atomic E-state index is 13.1. The lowest BCUT2D eigenvalue weighted by molar-refractivity contribution is -0.158. The molecule has 1 aliphatic rings. The number of carbonyl (C=O) groups excluding carboxylic acids is 2. The highest BCUT2D eigenvalue weighted by Gasteiger charge is 2.53. The number of nitrogens with zero attached hydrogens (tertiary/aromatic N) is 1. The molecule has 0 radical (unpaired) electrons. The smallest absolute Gasteiger partial charge is 0.325 e. The molecule has 25 heavy (non-hydrogen) atoms. The maximum Gasteiger partial charge on any atom is 0.325 e. The summed E-state index contributed by atoms with van der Waals surface area (Å²) < 4.78 is 26.2. The van der Waals surface area contributed by atoms with E-state index < -0.39 is 36.4 Å². The number of carbonyl (C=O) groups is 2. The summed E-state index contributed by atoms with van der Waals surface area (Å²) in [5.74, 6) is -1.43. The van der Waals surface area contributed by atoms with Crippen molar-refractivity contribution in [1.29, 1.82) is 0 Å². The summed E-state index contributed by atoms with van der Waals surface area (Å²) in [5.41, 5.74) is 1.60. The second kappa shape index (κ2) is 7.01. The van der Waals surface area contributed by atoms with Gasteiger partial charge < -0.3 is 5.32 Å². The van der Waals surface area contributed by atoms with Crippen LogP contribution in [0, 0.1) is 5.92 Å². The van der Waals surface area contributed by atoms with Crippen molar-refractivity contribution < 1.29 is 18.4 Å². The molecule has 1 heterocycles. The van der Waals surface area contributed by atoms with E-state index >= 15 is 0 Å². The first-order valence-electron chi connectivity index (χ1n) is 8.02. The monoisotopic (exact) mass is 344 g/mol. The lowest BCUT2D eigenvalue weighted by atomic mass is 9.89. The van der Waals surface area contributed by atoms with Gasteiger partial charge in [-0.05, 0) is 11.1 Å². The van der Waals surface area contributed by atoms with Crippen LogP contribution in [-0.2, 0) is 4.79 Å². The number of urea groups is 1. The van der Waals surface area contributed by atoms with Crippen LogP contribution in [-0.4, -0.2) is 29.3 Å². The first-order valence-corrected chi connectivity index (χ1v) is 8.02. The topological polar surface area (TPSA) is 49.4 Å². The lowest BCUT2D eigenvalue weighted by Gasteiger charge is -2.43. The molecule has 1 N–H and O–H groups in total. The number of imide groups is 1. The van der Waals surface area contributed by atoms with Gasteiger partial charge in [-0.2, -0.15) is 0 Å². The molecule has 0 saturated carbocycles. The standard InChI is InChI=1S/C19H18F2N2O2/c1-12-16(17(20)21)23(18(12)24)19(25)22-15(13-8-4-2-5-9-13)14-10-6-3-7-11-14/h2-12,15-17H,1H3,(H,22,25)/t12-,16+/m1/s1. The Morgan fingerprint density at radius 3 is 1.92 bits per heavy atom. The Kier molecular flexibility index (Phi) is 4.79. The minimum absolute atomic E-state index is 0.531. The average molecular weight is 344 g/mol. The van der Waals surface area contributed by atoms with Crippen LogP contribution in [0.15, 0.2) is 60.7 Å².